The molecule has 0 fully saturated rings. The number of aromatic nitrogens is 1. The smallest absolute Gasteiger partial charge is 0.239 e. The zero-order chi connectivity index (χ0) is 23.0. The summed E-state index contributed by atoms with van der Waals surface area (Å²) < 4.78 is 16.6. The summed E-state index contributed by atoms with van der Waals surface area (Å²) in [6.07, 6.45) is 2.51. The van der Waals surface area contributed by atoms with Gasteiger partial charge in [-0.25, -0.2) is 9.98 Å². The molecule has 1 aromatic carbocycles. The van der Waals surface area contributed by atoms with Gasteiger partial charge in [0.25, 0.3) is 0 Å². The number of carbonyl (C=O) groups excluding carboxylic acids is 1. The molecule has 9 nitrogen and oxygen atoms in total. The van der Waals surface area contributed by atoms with Crippen LogP contribution in [-0.2, 0) is 11.3 Å². The van der Waals surface area contributed by atoms with Crippen LogP contribution in [0.2, 0.25) is 0 Å². The molecule has 0 radical (unpaired) electrons. The fourth-order valence-electron chi connectivity index (χ4n) is 2.97. The number of methoxy groups -OCH3 is 1. The van der Waals surface area contributed by atoms with E-state index in [1.807, 2.05) is 51.1 Å². The molecular formula is C23H31N5O4. The largest absolute Gasteiger partial charge is 0.490 e. The van der Waals surface area contributed by atoms with Crippen molar-refractivity contribution in [2.45, 2.75) is 39.3 Å². The molecule has 9 heteroatoms. The van der Waals surface area contributed by atoms with Crippen molar-refractivity contribution in [2.24, 2.45) is 4.99 Å². The van der Waals surface area contributed by atoms with Gasteiger partial charge in [0.1, 0.15) is 0 Å². The van der Waals surface area contributed by atoms with Gasteiger partial charge in [-0.2, -0.15) is 0 Å². The number of ether oxygens (including phenoxy) is 3. The van der Waals surface area contributed by atoms with Crippen LogP contribution in [0.1, 0.15) is 32.8 Å². The van der Waals surface area contributed by atoms with Gasteiger partial charge >= 0.3 is 0 Å². The lowest BCUT2D eigenvalue weighted by atomic mass is 10.1. The second-order valence-electron chi connectivity index (χ2n) is 8.36. The van der Waals surface area contributed by atoms with Crippen LogP contribution in [0, 0.1) is 0 Å². The lowest BCUT2D eigenvalue weighted by molar-refractivity contribution is -0.121. The zero-order valence-electron chi connectivity index (χ0n) is 19.0. The fourth-order valence-corrected chi connectivity index (χ4v) is 2.97. The number of aliphatic imine (C=N–C) groups is 1. The second-order valence-corrected chi connectivity index (χ2v) is 8.36. The van der Waals surface area contributed by atoms with E-state index >= 15 is 0 Å². The number of nitrogens with zero attached hydrogens (tertiary/aromatic N) is 2. The highest BCUT2D eigenvalue weighted by molar-refractivity contribution is 5.96. The highest BCUT2D eigenvalue weighted by Crippen LogP contribution is 2.32. The van der Waals surface area contributed by atoms with Gasteiger partial charge in [0.05, 0.1) is 33.4 Å². The summed E-state index contributed by atoms with van der Waals surface area (Å²) in [7, 11) is 1.57. The van der Waals surface area contributed by atoms with Crippen LogP contribution in [-0.4, -0.2) is 49.3 Å². The molecule has 1 aliphatic heterocycles. The maximum atomic E-state index is 12.3. The number of fused-ring (bicyclic) bond motifs is 1. The lowest BCUT2D eigenvalue weighted by Gasteiger charge is -2.21. The van der Waals surface area contributed by atoms with Gasteiger partial charge in [0.2, 0.25) is 11.8 Å². The molecular weight excluding hydrogens is 410 g/mol. The molecule has 2 aromatic rings. The predicted octanol–water partition coefficient (Wildman–Crippen LogP) is 2.72. The Morgan fingerprint density at radius 1 is 1.16 bits per heavy atom. The molecule has 0 saturated heterocycles. The molecule has 0 aliphatic carbocycles. The van der Waals surface area contributed by atoms with Crippen molar-refractivity contribution in [3.05, 3.63) is 42.1 Å². The van der Waals surface area contributed by atoms with Gasteiger partial charge in [-0.05, 0) is 44.5 Å². The Kier molecular flexibility index (Phi) is 7.75. The third kappa shape index (κ3) is 7.33. The van der Waals surface area contributed by atoms with Crippen molar-refractivity contribution in [3.8, 4) is 17.4 Å². The summed E-state index contributed by atoms with van der Waals surface area (Å²) in [6, 6.07) is 9.29. The van der Waals surface area contributed by atoms with Crippen molar-refractivity contribution in [3.63, 3.8) is 0 Å². The number of carbonyl (C=O) groups is 1. The molecule has 3 N–H and O–H groups in total. The third-order valence-electron chi connectivity index (χ3n) is 4.37. The van der Waals surface area contributed by atoms with E-state index in [0.29, 0.717) is 43.1 Å². The number of pyridine rings is 1. The molecule has 2 heterocycles. The first-order chi connectivity index (χ1) is 15.3. The summed E-state index contributed by atoms with van der Waals surface area (Å²) in [4.78, 5) is 21.0. The summed E-state index contributed by atoms with van der Waals surface area (Å²) in [5.41, 5.74) is 1.38. The molecule has 1 amide bonds. The van der Waals surface area contributed by atoms with E-state index in [4.69, 9.17) is 14.2 Å². The van der Waals surface area contributed by atoms with E-state index in [1.165, 1.54) is 0 Å². The van der Waals surface area contributed by atoms with Crippen molar-refractivity contribution in [1.29, 1.82) is 0 Å². The third-order valence-corrected chi connectivity index (χ3v) is 4.37. The Morgan fingerprint density at radius 2 is 1.94 bits per heavy atom. The van der Waals surface area contributed by atoms with Gasteiger partial charge in [0.15, 0.2) is 17.5 Å². The molecule has 3 rings (SSSR count). The first-order valence-corrected chi connectivity index (χ1v) is 10.6. The van der Waals surface area contributed by atoms with Gasteiger partial charge in [-0.3, -0.25) is 4.79 Å². The van der Waals surface area contributed by atoms with Gasteiger partial charge in [-0.1, -0.05) is 0 Å². The summed E-state index contributed by atoms with van der Waals surface area (Å²) >= 11 is 0. The Bertz CT molecular complexity index is 956. The van der Waals surface area contributed by atoms with Crippen molar-refractivity contribution >= 4 is 17.6 Å². The van der Waals surface area contributed by atoms with Gasteiger partial charge < -0.3 is 30.2 Å². The average Bonchev–Trinajstić information content (AvgIpc) is 2.99. The normalized spacial score (nSPS) is 13.7. The Balaban J connectivity index is 1.74. The first-order valence-electron chi connectivity index (χ1n) is 10.6. The minimum Gasteiger partial charge on any atom is -0.490 e. The van der Waals surface area contributed by atoms with E-state index in [0.717, 1.165) is 17.7 Å². The van der Waals surface area contributed by atoms with E-state index in [9.17, 15) is 4.79 Å². The minimum atomic E-state index is -0.314. The maximum Gasteiger partial charge on any atom is 0.239 e. The second kappa shape index (κ2) is 10.7. The Labute approximate surface area is 188 Å². The molecule has 1 aliphatic rings. The predicted molar refractivity (Wildman–Crippen MR) is 123 cm³/mol. The summed E-state index contributed by atoms with van der Waals surface area (Å²) in [5, 5.41) is 9.26. The fraction of sp³-hybridized carbons (Fsp3) is 0.435. The summed E-state index contributed by atoms with van der Waals surface area (Å²) in [5.74, 6) is 2.24. The van der Waals surface area contributed by atoms with E-state index in [2.05, 4.69) is 25.9 Å². The molecule has 0 unspecified atom stereocenters. The topological polar surface area (TPSA) is 106 Å². The quantitative estimate of drug-likeness (QED) is 0.467. The molecule has 0 atom stereocenters. The number of hydrogen-bond acceptors (Lipinski definition) is 6. The SMILES string of the molecule is COc1cc(CN=C(NCC(=O)NC(C)(C)C)Nc2ccc3c(c2)OCCCO3)ccn1. The van der Waals surface area contributed by atoms with Crippen molar-refractivity contribution in [1.82, 2.24) is 15.6 Å². The number of amides is 1. The molecule has 0 spiro atoms. The van der Waals surface area contributed by atoms with Crippen LogP contribution < -0.4 is 30.2 Å². The zero-order valence-corrected chi connectivity index (χ0v) is 19.0. The number of guanidine groups is 1. The molecule has 0 bridgehead atoms. The molecule has 1 aromatic heterocycles. The highest BCUT2D eigenvalue weighted by Gasteiger charge is 2.15. The number of rotatable bonds is 6. The number of hydrogen-bond donors (Lipinski definition) is 3. The van der Waals surface area contributed by atoms with Crippen molar-refractivity contribution in [2.75, 3.05) is 32.2 Å². The van der Waals surface area contributed by atoms with Gasteiger partial charge in [-0.15, -0.1) is 0 Å². The maximum absolute atomic E-state index is 12.3. The van der Waals surface area contributed by atoms with Crippen LogP contribution in [0.4, 0.5) is 5.69 Å². The standard InChI is InChI=1S/C23H31N5O4/c1-23(2,3)28-20(29)15-26-22(25-14-16-8-9-24-21(12-16)30-4)27-17-6-7-18-19(13-17)32-11-5-10-31-18/h6-9,12-13H,5,10-11,14-15H2,1-4H3,(H,28,29)(H2,25,26,27). The Hall–Kier alpha value is -3.49. The average molecular weight is 442 g/mol. The van der Waals surface area contributed by atoms with Crippen LogP contribution in [0.25, 0.3) is 0 Å². The Morgan fingerprint density at radius 3 is 2.69 bits per heavy atom. The molecule has 172 valence electrons. The first kappa shape index (κ1) is 23.2. The number of nitrogens with one attached hydrogen (secondary N) is 3. The molecule has 32 heavy (non-hydrogen) atoms. The van der Waals surface area contributed by atoms with Crippen LogP contribution in [0.15, 0.2) is 41.5 Å². The van der Waals surface area contributed by atoms with Crippen LogP contribution >= 0.6 is 0 Å². The van der Waals surface area contributed by atoms with Crippen LogP contribution in [0.3, 0.4) is 0 Å². The minimum absolute atomic E-state index is 0.0767. The molecule has 0 saturated carbocycles. The van der Waals surface area contributed by atoms with Gasteiger partial charge in [0, 0.05) is 36.0 Å². The van der Waals surface area contributed by atoms with E-state index in [-0.39, 0.29) is 18.0 Å². The van der Waals surface area contributed by atoms with Crippen molar-refractivity contribution < 1.29 is 19.0 Å². The van der Waals surface area contributed by atoms with Crippen LogP contribution in [0.5, 0.6) is 17.4 Å². The monoisotopic (exact) mass is 441 g/mol. The van der Waals surface area contributed by atoms with E-state index < -0.39 is 0 Å². The number of anilines is 1. The van der Waals surface area contributed by atoms with E-state index in [1.54, 1.807) is 13.3 Å². The summed E-state index contributed by atoms with van der Waals surface area (Å²) in [6.45, 7) is 7.50. The lowest BCUT2D eigenvalue weighted by Crippen LogP contribution is -2.46. The highest BCUT2D eigenvalue weighted by atomic mass is 16.5. The number of benzene rings is 1.